The second-order valence-electron chi connectivity index (χ2n) is 6.10. The molecule has 0 aromatic heterocycles. The minimum absolute atomic E-state index is 0.296. The summed E-state index contributed by atoms with van der Waals surface area (Å²) in [7, 11) is 0. The van der Waals surface area contributed by atoms with Crippen LogP contribution in [0, 0.1) is 0 Å². The Morgan fingerprint density at radius 1 is 0.700 bits per heavy atom. The van der Waals surface area contributed by atoms with Crippen LogP contribution in [0.4, 0.5) is 17.1 Å². The molecule has 0 heterocycles. The summed E-state index contributed by atoms with van der Waals surface area (Å²) in [5.41, 5.74) is 9.08. The lowest BCUT2D eigenvalue weighted by Crippen LogP contribution is -2.33. The number of hydrogen-bond acceptors (Lipinski definition) is 3. The number of carbonyl (C=O) groups is 2. The largest absolute Gasteiger partial charge is 0.481 e. The van der Waals surface area contributed by atoms with Crippen LogP contribution in [0.1, 0.15) is 12.8 Å². The van der Waals surface area contributed by atoms with E-state index in [0.29, 0.717) is 5.96 Å². The molecule has 0 unspecified atom stereocenters. The van der Waals surface area contributed by atoms with Crippen molar-refractivity contribution in [2.75, 3.05) is 4.90 Å². The first-order valence-electron chi connectivity index (χ1n) is 9.20. The van der Waals surface area contributed by atoms with Crippen LogP contribution in [0.2, 0.25) is 0 Å². The Balaban J connectivity index is 0.000000343. The Hall–Kier alpha value is -4.13. The van der Waals surface area contributed by atoms with E-state index in [1.165, 1.54) is 0 Å². The summed E-state index contributed by atoms with van der Waals surface area (Å²) in [5, 5.41) is 15.8. The highest BCUT2D eigenvalue weighted by atomic mass is 16.4. The number of rotatable bonds is 6. The van der Waals surface area contributed by atoms with Gasteiger partial charge in [0.1, 0.15) is 0 Å². The van der Waals surface area contributed by atoms with Crippen LogP contribution in [0.3, 0.4) is 0 Å². The summed E-state index contributed by atoms with van der Waals surface area (Å²) < 4.78 is 0. The van der Waals surface area contributed by atoms with Gasteiger partial charge in [0.05, 0.1) is 18.5 Å². The van der Waals surface area contributed by atoms with Crippen molar-refractivity contribution in [3.63, 3.8) is 0 Å². The highest BCUT2D eigenvalue weighted by molar-refractivity contribution is 6.02. The number of para-hydroxylation sites is 3. The summed E-state index contributed by atoms with van der Waals surface area (Å²) in [4.78, 5) is 25.8. The van der Waals surface area contributed by atoms with Gasteiger partial charge in [-0.15, -0.1) is 0 Å². The first kappa shape index (κ1) is 22.2. The molecule has 0 aliphatic rings. The summed E-state index contributed by atoms with van der Waals surface area (Å²) >= 11 is 0. The molecule has 0 atom stereocenters. The zero-order chi connectivity index (χ0) is 21.8. The van der Waals surface area contributed by atoms with Crippen LogP contribution >= 0.6 is 0 Å². The third-order valence-electron chi connectivity index (χ3n) is 3.81. The molecular weight excluding hydrogens is 382 g/mol. The van der Waals surface area contributed by atoms with E-state index >= 15 is 0 Å². The molecule has 0 bridgehead atoms. The van der Waals surface area contributed by atoms with Crippen molar-refractivity contribution >= 4 is 35.0 Å². The molecule has 3 aromatic rings. The van der Waals surface area contributed by atoms with Crippen LogP contribution in [-0.2, 0) is 9.59 Å². The van der Waals surface area contributed by atoms with Crippen LogP contribution in [-0.4, -0.2) is 28.1 Å². The normalized spacial score (nSPS) is 10.5. The fraction of sp³-hybridized carbons (Fsp3) is 0.0870. The Labute approximate surface area is 174 Å². The molecule has 0 spiro atoms. The quantitative estimate of drug-likeness (QED) is 0.413. The van der Waals surface area contributed by atoms with Gasteiger partial charge in [-0.2, -0.15) is 0 Å². The number of anilines is 2. The van der Waals surface area contributed by atoms with Gasteiger partial charge in [0.25, 0.3) is 0 Å². The zero-order valence-corrected chi connectivity index (χ0v) is 16.3. The topological polar surface area (TPSA) is 116 Å². The average molecular weight is 405 g/mol. The third-order valence-corrected chi connectivity index (χ3v) is 3.81. The fourth-order valence-corrected chi connectivity index (χ4v) is 2.47. The highest BCUT2D eigenvalue weighted by Crippen LogP contribution is 2.25. The molecule has 0 aliphatic carbocycles. The lowest BCUT2D eigenvalue weighted by molar-refractivity contribution is -0.143. The smallest absolute Gasteiger partial charge is 0.303 e. The standard InChI is InChI=1S/C19H17N3.C4H6O4/c20-19(21-16-10-4-1-5-11-16)22(17-12-6-2-7-13-17)18-14-8-3-9-15-18;5-3(6)1-2-4(7)8/h1-15H,(H2,20,21);1-2H2,(H,5,6)(H,7,8). The van der Waals surface area contributed by atoms with Crippen LogP contribution in [0.25, 0.3) is 0 Å². The van der Waals surface area contributed by atoms with E-state index in [1.54, 1.807) is 0 Å². The minimum atomic E-state index is -1.08. The Morgan fingerprint density at radius 3 is 1.43 bits per heavy atom. The third kappa shape index (κ3) is 7.47. The van der Waals surface area contributed by atoms with Crippen LogP contribution < -0.4 is 10.6 Å². The van der Waals surface area contributed by atoms with Crippen LogP contribution in [0.5, 0.6) is 0 Å². The van der Waals surface area contributed by atoms with E-state index in [1.807, 2.05) is 95.9 Å². The Morgan fingerprint density at radius 2 is 1.07 bits per heavy atom. The lowest BCUT2D eigenvalue weighted by Gasteiger charge is -2.23. The summed E-state index contributed by atoms with van der Waals surface area (Å²) in [6.07, 6.45) is -0.593. The van der Waals surface area contributed by atoms with Crippen molar-refractivity contribution in [1.82, 2.24) is 0 Å². The fourth-order valence-electron chi connectivity index (χ4n) is 2.47. The molecule has 0 fully saturated rings. The Bertz CT molecular complexity index is 908. The number of hydrogen-bond donors (Lipinski definition) is 3. The number of nitrogens with zero attached hydrogens (tertiary/aromatic N) is 2. The van der Waals surface area contributed by atoms with E-state index < -0.39 is 11.9 Å². The number of aliphatic imine (C=N–C) groups is 1. The lowest BCUT2D eigenvalue weighted by atomic mass is 10.2. The Kier molecular flexibility index (Phi) is 8.61. The van der Waals surface area contributed by atoms with E-state index in [9.17, 15) is 9.59 Å². The minimum Gasteiger partial charge on any atom is -0.481 e. The van der Waals surface area contributed by atoms with Gasteiger partial charge < -0.3 is 15.9 Å². The molecule has 0 aliphatic heterocycles. The van der Waals surface area contributed by atoms with Gasteiger partial charge in [-0.3, -0.25) is 14.5 Å². The SMILES string of the molecule is NC(=Nc1ccccc1)N(c1ccccc1)c1ccccc1.O=C(O)CCC(=O)O. The molecule has 7 nitrogen and oxygen atoms in total. The second kappa shape index (κ2) is 11.7. The second-order valence-corrected chi connectivity index (χ2v) is 6.10. The molecule has 0 radical (unpaired) electrons. The van der Waals surface area contributed by atoms with Crippen molar-refractivity contribution in [2.45, 2.75) is 12.8 Å². The van der Waals surface area contributed by atoms with Crippen molar-refractivity contribution in [3.05, 3.63) is 91.0 Å². The van der Waals surface area contributed by atoms with Crippen molar-refractivity contribution < 1.29 is 19.8 Å². The monoisotopic (exact) mass is 405 g/mol. The van der Waals surface area contributed by atoms with Gasteiger partial charge in [0, 0.05) is 11.4 Å². The maximum Gasteiger partial charge on any atom is 0.303 e. The zero-order valence-electron chi connectivity index (χ0n) is 16.3. The molecule has 7 heteroatoms. The first-order valence-corrected chi connectivity index (χ1v) is 9.20. The summed E-state index contributed by atoms with van der Waals surface area (Å²) in [6.45, 7) is 0. The predicted molar refractivity (Wildman–Crippen MR) is 117 cm³/mol. The molecule has 154 valence electrons. The molecule has 3 rings (SSSR count). The number of carboxylic acid groups (broad SMARTS) is 2. The summed E-state index contributed by atoms with van der Waals surface area (Å²) in [5.74, 6) is -1.72. The van der Waals surface area contributed by atoms with Crippen LogP contribution in [0.15, 0.2) is 96.0 Å². The molecular formula is C23H23N3O4. The van der Waals surface area contributed by atoms with Gasteiger partial charge >= 0.3 is 11.9 Å². The van der Waals surface area contributed by atoms with E-state index in [2.05, 4.69) is 4.99 Å². The number of carboxylic acids is 2. The van der Waals surface area contributed by atoms with E-state index in [4.69, 9.17) is 15.9 Å². The number of guanidine groups is 1. The first-order chi connectivity index (χ1) is 14.5. The summed E-state index contributed by atoms with van der Waals surface area (Å²) in [6, 6.07) is 29.7. The van der Waals surface area contributed by atoms with E-state index in [0.717, 1.165) is 17.1 Å². The number of benzene rings is 3. The predicted octanol–water partition coefficient (Wildman–Crippen LogP) is 4.41. The van der Waals surface area contributed by atoms with Gasteiger partial charge in [0.15, 0.2) is 0 Å². The van der Waals surface area contributed by atoms with Gasteiger partial charge in [-0.05, 0) is 36.4 Å². The molecule has 0 saturated carbocycles. The van der Waals surface area contributed by atoms with E-state index in [-0.39, 0.29) is 12.8 Å². The maximum atomic E-state index is 9.64. The van der Waals surface area contributed by atoms with Crippen molar-refractivity contribution in [1.29, 1.82) is 0 Å². The molecule has 30 heavy (non-hydrogen) atoms. The van der Waals surface area contributed by atoms with Gasteiger partial charge in [-0.1, -0.05) is 54.6 Å². The van der Waals surface area contributed by atoms with Crippen molar-refractivity contribution in [3.8, 4) is 0 Å². The number of aliphatic carboxylic acids is 2. The maximum absolute atomic E-state index is 9.64. The van der Waals surface area contributed by atoms with Gasteiger partial charge in [-0.25, -0.2) is 4.99 Å². The van der Waals surface area contributed by atoms with Gasteiger partial charge in [0.2, 0.25) is 5.96 Å². The average Bonchev–Trinajstić information content (AvgIpc) is 2.75. The molecule has 0 saturated heterocycles. The number of nitrogens with two attached hydrogens (primary N) is 1. The molecule has 4 N–H and O–H groups in total. The van der Waals surface area contributed by atoms with Crippen molar-refractivity contribution in [2.24, 2.45) is 10.7 Å². The molecule has 3 aromatic carbocycles. The molecule has 0 amide bonds. The highest BCUT2D eigenvalue weighted by Gasteiger charge is 2.12.